The average Bonchev–Trinajstić information content (AvgIpc) is 3.32. The SMILES string of the molecule is O=C(Nc1ccn(-c2cncc(F)c2)n1)C1CC12CC2. The third kappa shape index (κ3) is 1.88. The summed E-state index contributed by atoms with van der Waals surface area (Å²) in [5.74, 6) is 0.271. The van der Waals surface area contributed by atoms with Gasteiger partial charge in [0.2, 0.25) is 5.91 Å². The number of pyridine rings is 1. The van der Waals surface area contributed by atoms with Gasteiger partial charge in [-0.2, -0.15) is 5.10 Å². The van der Waals surface area contributed by atoms with E-state index in [1.165, 1.54) is 29.8 Å². The summed E-state index contributed by atoms with van der Waals surface area (Å²) < 4.78 is 14.6. The van der Waals surface area contributed by atoms with Crippen molar-refractivity contribution in [3.05, 3.63) is 36.5 Å². The summed E-state index contributed by atoms with van der Waals surface area (Å²) in [4.78, 5) is 15.8. The van der Waals surface area contributed by atoms with E-state index in [-0.39, 0.29) is 11.8 Å². The van der Waals surface area contributed by atoms with Crippen molar-refractivity contribution in [1.29, 1.82) is 0 Å². The van der Waals surface area contributed by atoms with Crippen LogP contribution in [0, 0.1) is 17.2 Å². The molecule has 0 radical (unpaired) electrons. The van der Waals surface area contributed by atoms with Gasteiger partial charge in [0.05, 0.1) is 18.1 Å². The second-order valence-corrected chi connectivity index (χ2v) is 5.62. The van der Waals surface area contributed by atoms with Crippen LogP contribution in [0.3, 0.4) is 0 Å². The molecule has 1 amide bonds. The first-order valence-electron chi connectivity index (χ1n) is 6.64. The van der Waals surface area contributed by atoms with Crippen LogP contribution in [0.25, 0.3) is 5.69 Å². The smallest absolute Gasteiger partial charge is 0.229 e. The number of amides is 1. The lowest BCUT2D eigenvalue weighted by molar-refractivity contribution is -0.117. The van der Waals surface area contributed by atoms with Gasteiger partial charge in [-0.1, -0.05) is 0 Å². The lowest BCUT2D eigenvalue weighted by Crippen LogP contribution is -2.15. The summed E-state index contributed by atoms with van der Waals surface area (Å²) in [6.07, 6.45) is 7.68. The highest BCUT2D eigenvalue weighted by Crippen LogP contribution is 2.70. The molecule has 1 spiro atoms. The predicted octanol–water partition coefficient (Wildman–Crippen LogP) is 2.14. The molecule has 0 saturated heterocycles. The minimum Gasteiger partial charge on any atom is -0.309 e. The van der Waals surface area contributed by atoms with Crippen LogP contribution in [0.5, 0.6) is 0 Å². The second-order valence-electron chi connectivity index (χ2n) is 5.62. The minimum absolute atomic E-state index is 0.0464. The number of carbonyl (C=O) groups is 1. The van der Waals surface area contributed by atoms with Gasteiger partial charge >= 0.3 is 0 Å². The Bertz CT molecular complexity index is 692. The van der Waals surface area contributed by atoms with Crippen molar-refractivity contribution in [2.75, 3.05) is 5.32 Å². The molecular weight excluding hydrogens is 259 g/mol. The van der Waals surface area contributed by atoms with Crippen molar-refractivity contribution in [3.8, 4) is 5.69 Å². The fourth-order valence-electron chi connectivity index (χ4n) is 2.71. The maximum Gasteiger partial charge on any atom is 0.229 e. The summed E-state index contributed by atoms with van der Waals surface area (Å²) in [6.45, 7) is 0. The molecule has 5 nitrogen and oxygen atoms in total. The van der Waals surface area contributed by atoms with Gasteiger partial charge in [0, 0.05) is 24.2 Å². The van der Waals surface area contributed by atoms with Crippen LogP contribution in [-0.4, -0.2) is 20.7 Å². The summed E-state index contributed by atoms with van der Waals surface area (Å²) in [5.41, 5.74) is 0.856. The highest BCUT2D eigenvalue weighted by Gasteiger charge is 2.65. The molecule has 1 atom stereocenters. The zero-order valence-corrected chi connectivity index (χ0v) is 10.7. The highest BCUT2D eigenvalue weighted by atomic mass is 19.1. The molecule has 2 aromatic heterocycles. The minimum atomic E-state index is -0.419. The van der Waals surface area contributed by atoms with Crippen LogP contribution in [0.4, 0.5) is 10.2 Å². The van der Waals surface area contributed by atoms with Gasteiger partial charge in [-0.05, 0) is 24.7 Å². The molecule has 0 aromatic carbocycles. The van der Waals surface area contributed by atoms with E-state index in [4.69, 9.17) is 0 Å². The Hall–Kier alpha value is -2.24. The third-order valence-corrected chi connectivity index (χ3v) is 4.19. The number of carbonyl (C=O) groups excluding carboxylic acids is 1. The number of nitrogens with one attached hydrogen (secondary N) is 1. The lowest BCUT2D eigenvalue weighted by atomic mass is 10.3. The maximum absolute atomic E-state index is 13.1. The molecule has 2 saturated carbocycles. The molecular formula is C14H13FN4O. The lowest BCUT2D eigenvalue weighted by Gasteiger charge is -2.02. The molecule has 2 aromatic rings. The molecule has 4 rings (SSSR count). The number of rotatable bonds is 3. The Balaban J connectivity index is 1.49. The van der Waals surface area contributed by atoms with E-state index in [1.54, 1.807) is 12.3 Å². The van der Waals surface area contributed by atoms with Crippen molar-refractivity contribution in [1.82, 2.24) is 14.8 Å². The van der Waals surface area contributed by atoms with E-state index in [0.717, 1.165) is 12.6 Å². The van der Waals surface area contributed by atoms with Gasteiger partial charge in [0.25, 0.3) is 0 Å². The first-order valence-corrected chi connectivity index (χ1v) is 6.64. The second kappa shape index (κ2) is 3.88. The molecule has 1 N–H and O–H groups in total. The van der Waals surface area contributed by atoms with Crippen LogP contribution in [0.15, 0.2) is 30.7 Å². The summed E-state index contributed by atoms with van der Waals surface area (Å²) in [7, 11) is 0. The van der Waals surface area contributed by atoms with Gasteiger partial charge in [-0.25, -0.2) is 9.07 Å². The maximum atomic E-state index is 13.1. The zero-order valence-electron chi connectivity index (χ0n) is 10.7. The van der Waals surface area contributed by atoms with Gasteiger partial charge < -0.3 is 5.32 Å². The Labute approximate surface area is 114 Å². The molecule has 2 heterocycles. The van der Waals surface area contributed by atoms with Crippen LogP contribution in [0.2, 0.25) is 0 Å². The number of hydrogen-bond acceptors (Lipinski definition) is 3. The monoisotopic (exact) mass is 272 g/mol. The van der Waals surface area contributed by atoms with Crippen molar-refractivity contribution in [2.45, 2.75) is 19.3 Å². The Morgan fingerprint density at radius 1 is 1.45 bits per heavy atom. The normalized spacial score (nSPS) is 21.8. The fourth-order valence-corrected chi connectivity index (χ4v) is 2.71. The molecule has 20 heavy (non-hydrogen) atoms. The molecule has 2 fully saturated rings. The quantitative estimate of drug-likeness (QED) is 0.931. The summed E-state index contributed by atoms with van der Waals surface area (Å²) in [6, 6.07) is 3.04. The fraction of sp³-hybridized carbons (Fsp3) is 0.357. The molecule has 1 unspecified atom stereocenters. The molecule has 0 bridgehead atoms. The number of halogens is 1. The van der Waals surface area contributed by atoms with Gasteiger partial charge in [0.1, 0.15) is 5.82 Å². The van der Waals surface area contributed by atoms with Crippen molar-refractivity contribution < 1.29 is 9.18 Å². The van der Waals surface area contributed by atoms with Crippen LogP contribution in [0.1, 0.15) is 19.3 Å². The highest BCUT2D eigenvalue weighted by molar-refractivity contribution is 5.94. The zero-order chi connectivity index (χ0) is 13.7. The van der Waals surface area contributed by atoms with Crippen LogP contribution < -0.4 is 5.32 Å². The summed E-state index contributed by atoms with van der Waals surface area (Å²) >= 11 is 0. The Morgan fingerprint density at radius 3 is 3.00 bits per heavy atom. The molecule has 2 aliphatic rings. The Morgan fingerprint density at radius 2 is 2.30 bits per heavy atom. The van der Waals surface area contributed by atoms with Crippen molar-refractivity contribution in [2.24, 2.45) is 11.3 Å². The first kappa shape index (κ1) is 11.6. The average molecular weight is 272 g/mol. The van der Waals surface area contributed by atoms with E-state index < -0.39 is 5.82 Å². The first-order chi connectivity index (χ1) is 9.66. The Kier molecular flexibility index (Phi) is 2.24. The van der Waals surface area contributed by atoms with Crippen LogP contribution in [-0.2, 0) is 4.79 Å². The number of hydrogen-bond donors (Lipinski definition) is 1. The molecule has 102 valence electrons. The summed E-state index contributed by atoms with van der Waals surface area (Å²) in [5, 5.41) is 7.04. The number of nitrogens with zero attached hydrogens (tertiary/aromatic N) is 3. The van der Waals surface area contributed by atoms with E-state index in [2.05, 4.69) is 15.4 Å². The van der Waals surface area contributed by atoms with Gasteiger partial charge in [0.15, 0.2) is 5.82 Å². The van der Waals surface area contributed by atoms with Gasteiger partial charge in [-0.3, -0.25) is 9.78 Å². The van der Waals surface area contributed by atoms with Crippen LogP contribution >= 0.6 is 0 Å². The molecule has 0 aliphatic heterocycles. The number of anilines is 1. The van der Waals surface area contributed by atoms with E-state index in [9.17, 15) is 9.18 Å². The topological polar surface area (TPSA) is 59.8 Å². The largest absolute Gasteiger partial charge is 0.309 e. The predicted molar refractivity (Wildman–Crippen MR) is 69.7 cm³/mol. The third-order valence-electron chi connectivity index (χ3n) is 4.19. The molecule has 2 aliphatic carbocycles. The van der Waals surface area contributed by atoms with Crippen molar-refractivity contribution >= 4 is 11.7 Å². The van der Waals surface area contributed by atoms with E-state index >= 15 is 0 Å². The van der Waals surface area contributed by atoms with E-state index in [0.29, 0.717) is 16.9 Å². The van der Waals surface area contributed by atoms with E-state index in [1.807, 2.05) is 0 Å². The standard InChI is InChI=1S/C14H13FN4O/c15-9-5-10(8-16-7-9)19-4-1-12(18-19)17-13(20)11-6-14(11)2-3-14/h1,4-5,7-8,11H,2-3,6H2,(H,17,18,20). The number of aromatic nitrogens is 3. The van der Waals surface area contributed by atoms with Gasteiger partial charge in [-0.15, -0.1) is 0 Å². The molecule has 6 heteroatoms. The van der Waals surface area contributed by atoms with Crippen molar-refractivity contribution in [3.63, 3.8) is 0 Å².